The van der Waals surface area contributed by atoms with Gasteiger partial charge in [0.25, 0.3) is 0 Å². The van der Waals surface area contributed by atoms with Gasteiger partial charge in [0.05, 0.1) is 0 Å². The van der Waals surface area contributed by atoms with Crippen LogP contribution in [0.1, 0.15) is 19.7 Å². The van der Waals surface area contributed by atoms with Gasteiger partial charge < -0.3 is 4.90 Å². The van der Waals surface area contributed by atoms with E-state index in [-0.39, 0.29) is 5.28 Å². The van der Waals surface area contributed by atoms with Crippen molar-refractivity contribution in [2.75, 3.05) is 19.0 Å². The third-order valence-electron chi connectivity index (χ3n) is 1.63. The molecule has 14 heavy (non-hydrogen) atoms. The Labute approximate surface area is 89.3 Å². The fourth-order valence-corrected chi connectivity index (χ4v) is 1.21. The molecule has 0 unspecified atom stereocenters. The summed E-state index contributed by atoms with van der Waals surface area (Å²) in [5.74, 6) is 1.88. The van der Waals surface area contributed by atoms with Crippen LogP contribution in [-0.2, 0) is 6.42 Å². The normalized spacial score (nSPS) is 10.7. The summed E-state index contributed by atoms with van der Waals surface area (Å²) >= 11 is 5.79. The molecule has 0 saturated heterocycles. The van der Waals surface area contributed by atoms with E-state index in [9.17, 15) is 0 Å². The molecule has 1 aromatic rings. The van der Waals surface area contributed by atoms with Crippen LogP contribution < -0.4 is 4.90 Å². The van der Waals surface area contributed by atoms with Crippen LogP contribution in [0.2, 0.25) is 5.28 Å². The molecule has 0 saturated carbocycles. The van der Waals surface area contributed by atoms with Crippen LogP contribution in [0, 0.1) is 5.92 Å². The van der Waals surface area contributed by atoms with E-state index in [4.69, 9.17) is 11.6 Å². The molecule has 0 aliphatic rings. The molecule has 0 fully saturated rings. The Morgan fingerprint density at radius 1 is 1.21 bits per heavy atom. The molecule has 5 heteroatoms. The highest BCUT2D eigenvalue weighted by molar-refractivity contribution is 6.28. The minimum Gasteiger partial charge on any atom is -0.347 e. The molecule has 0 bridgehead atoms. The van der Waals surface area contributed by atoms with E-state index in [1.165, 1.54) is 0 Å². The van der Waals surface area contributed by atoms with Gasteiger partial charge in [0.15, 0.2) is 0 Å². The quantitative estimate of drug-likeness (QED) is 0.770. The van der Waals surface area contributed by atoms with Gasteiger partial charge in [0.1, 0.15) is 5.82 Å². The highest BCUT2D eigenvalue weighted by atomic mass is 35.5. The van der Waals surface area contributed by atoms with Gasteiger partial charge in [-0.15, -0.1) is 0 Å². The van der Waals surface area contributed by atoms with Gasteiger partial charge in [-0.05, 0) is 17.5 Å². The van der Waals surface area contributed by atoms with Crippen molar-refractivity contribution in [2.45, 2.75) is 20.3 Å². The molecule has 0 aromatic carbocycles. The maximum atomic E-state index is 5.79. The smallest absolute Gasteiger partial charge is 0.229 e. The predicted molar refractivity (Wildman–Crippen MR) is 57.7 cm³/mol. The molecule has 4 nitrogen and oxygen atoms in total. The molecule has 0 radical (unpaired) electrons. The van der Waals surface area contributed by atoms with Crippen molar-refractivity contribution in [2.24, 2.45) is 5.92 Å². The minimum atomic E-state index is 0.263. The third kappa shape index (κ3) is 3.10. The summed E-state index contributed by atoms with van der Waals surface area (Å²) in [5, 5.41) is 0.263. The fraction of sp³-hybridized carbons (Fsp3) is 0.667. The van der Waals surface area contributed by atoms with Crippen LogP contribution >= 0.6 is 11.6 Å². The Kier molecular flexibility index (Phi) is 3.63. The Hall–Kier alpha value is -0.900. The summed E-state index contributed by atoms with van der Waals surface area (Å²) in [7, 11) is 3.76. The lowest BCUT2D eigenvalue weighted by molar-refractivity contribution is 0.617. The molecule has 0 aliphatic carbocycles. The first kappa shape index (κ1) is 11.2. The van der Waals surface area contributed by atoms with E-state index in [0.29, 0.717) is 11.9 Å². The largest absolute Gasteiger partial charge is 0.347 e. The zero-order valence-electron chi connectivity index (χ0n) is 8.95. The van der Waals surface area contributed by atoms with Gasteiger partial charge in [-0.3, -0.25) is 0 Å². The lowest BCUT2D eigenvalue weighted by Crippen LogP contribution is -2.15. The zero-order chi connectivity index (χ0) is 10.7. The predicted octanol–water partition coefficient (Wildman–Crippen LogP) is 1.79. The maximum Gasteiger partial charge on any atom is 0.229 e. The molecule has 1 aromatic heterocycles. The van der Waals surface area contributed by atoms with Gasteiger partial charge in [-0.2, -0.15) is 9.97 Å². The summed E-state index contributed by atoms with van der Waals surface area (Å²) < 4.78 is 0. The topological polar surface area (TPSA) is 41.9 Å². The zero-order valence-corrected chi connectivity index (χ0v) is 9.71. The number of nitrogens with zero attached hydrogens (tertiary/aromatic N) is 4. The lowest BCUT2D eigenvalue weighted by atomic mass is 10.1. The molecule has 0 N–H and O–H groups in total. The summed E-state index contributed by atoms with van der Waals surface area (Å²) in [6, 6.07) is 0. The number of hydrogen-bond donors (Lipinski definition) is 0. The summed E-state index contributed by atoms with van der Waals surface area (Å²) in [6.45, 7) is 4.24. The highest BCUT2D eigenvalue weighted by Gasteiger charge is 2.07. The van der Waals surface area contributed by atoms with Crippen molar-refractivity contribution in [3.63, 3.8) is 0 Å². The Morgan fingerprint density at radius 3 is 2.36 bits per heavy atom. The van der Waals surface area contributed by atoms with E-state index in [2.05, 4.69) is 28.8 Å². The van der Waals surface area contributed by atoms with Crippen molar-refractivity contribution in [1.29, 1.82) is 0 Å². The van der Waals surface area contributed by atoms with E-state index >= 15 is 0 Å². The molecule has 1 rings (SSSR count). The van der Waals surface area contributed by atoms with Crippen LogP contribution in [0.3, 0.4) is 0 Å². The average Bonchev–Trinajstić information content (AvgIpc) is 2.01. The molecular weight excluding hydrogens is 200 g/mol. The Morgan fingerprint density at radius 2 is 1.86 bits per heavy atom. The van der Waals surface area contributed by atoms with Crippen LogP contribution in [0.15, 0.2) is 0 Å². The average molecular weight is 215 g/mol. The van der Waals surface area contributed by atoms with Gasteiger partial charge in [-0.25, -0.2) is 4.98 Å². The molecule has 0 atom stereocenters. The van der Waals surface area contributed by atoms with Crippen LogP contribution in [0.25, 0.3) is 0 Å². The Bertz CT molecular complexity index is 312. The SMILES string of the molecule is CC(C)Cc1nc(Cl)nc(N(C)C)n1. The second-order valence-corrected chi connectivity index (χ2v) is 4.15. The van der Waals surface area contributed by atoms with E-state index < -0.39 is 0 Å². The van der Waals surface area contributed by atoms with Crippen LogP contribution in [-0.4, -0.2) is 29.0 Å². The van der Waals surface area contributed by atoms with Crippen molar-refractivity contribution < 1.29 is 0 Å². The van der Waals surface area contributed by atoms with Crippen LogP contribution in [0.4, 0.5) is 5.95 Å². The lowest BCUT2D eigenvalue weighted by Gasteiger charge is -2.11. The van der Waals surface area contributed by atoms with Crippen LogP contribution in [0.5, 0.6) is 0 Å². The molecule has 78 valence electrons. The molecule has 0 spiro atoms. The first-order valence-electron chi connectivity index (χ1n) is 4.57. The highest BCUT2D eigenvalue weighted by Crippen LogP contribution is 2.11. The third-order valence-corrected chi connectivity index (χ3v) is 1.80. The van der Waals surface area contributed by atoms with E-state index in [0.717, 1.165) is 12.2 Å². The summed E-state index contributed by atoms with van der Waals surface area (Å²) in [6.07, 6.45) is 0.822. The molecule has 0 amide bonds. The number of anilines is 1. The second-order valence-electron chi connectivity index (χ2n) is 3.81. The van der Waals surface area contributed by atoms with Crippen molar-refractivity contribution in [1.82, 2.24) is 15.0 Å². The van der Waals surface area contributed by atoms with Gasteiger partial charge in [-0.1, -0.05) is 13.8 Å². The maximum absolute atomic E-state index is 5.79. The standard InChI is InChI=1S/C9H15ClN4/c1-6(2)5-7-11-8(10)13-9(12-7)14(3)4/h6H,5H2,1-4H3. The van der Waals surface area contributed by atoms with E-state index in [1.807, 2.05) is 19.0 Å². The van der Waals surface area contributed by atoms with Crippen molar-refractivity contribution in [3.8, 4) is 0 Å². The van der Waals surface area contributed by atoms with Crippen molar-refractivity contribution in [3.05, 3.63) is 11.1 Å². The minimum absolute atomic E-state index is 0.263. The number of hydrogen-bond acceptors (Lipinski definition) is 4. The van der Waals surface area contributed by atoms with Gasteiger partial charge >= 0.3 is 0 Å². The monoisotopic (exact) mass is 214 g/mol. The molecule has 0 aliphatic heterocycles. The van der Waals surface area contributed by atoms with Crippen molar-refractivity contribution >= 4 is 17.5 Å². The number of aromatic nitrogens is 3. The fourth-order valence-electron chi connectivity index (χ4n) is 1.04. The first-order chi connectivity index (χ1) is 6.49. The summed E-state index contributed by atoms with van der Waals surface area (Å²) in [5.41, 5.74) is 0. The second kappa shape index (κ2) is 4.55. The van der Waals surface area contributed by atoms with E-state index in [1.54, 1.807) is 0 Å². The number of halogens is 1. The summed E-state index contributed by atoms with van der Waals surface area (Å²) in [4.78, 5) is 14.2. The molecular formula is C9H15ClN4. The van der Waals surface area contributed by atoms with Gasteiger partial charge in [0, 0.05) is 20.5 Å². The first-order valence-corrected chi connectivity index (χ1v) is 4.94. The Balaban J connectivity index is 2.95. The molecule has 1 heterocycles. The van der Waals surface area contributed by atoms with Gasteiger partial charge in [0.2, 0.25) is 11.2 Å². The number of rotatable bonds is 3.